The zero-order valence-electron chi connectivity index (χ0n) is 11.2. The average Bonchev–Trinajstić information content (AvgIpc) is 2.35. The number of esters is 2. The van der Waals surface area contributed by atoms with Crippen molar-refractivity contribution in [2.45, 2.75) is 39.5 Å². The van der Waals surface area contributed by atoms with Crippen molar-refractivity contribution < 1.29 is 19.1 Å². The van der Waals surface area contributed by atoms with Crippen molar-refractivity contribution in [2.75, 3.05) is 13.2 Å². The van der Waals surface area contributed by atoms with Gasteiger partial charge in [-0.1, -0.05) is 38.8 Å². The van der Waals surface area contributed by atoms with Gasteiger partial charge in [0.15, 0.2) is 0 Å². The monoisotopic (exact) mass is 254 g/mol. The molecule has 0 aromatic rings. The molecule has 0 aromatic carbocycles. The van der Waals surface area contributed by atoms with Gasteiger partial charge in [-0.2, -0.15) is 0 Å². The molecule has 0 heterocycles. The van der Waals surface area contributed by atoms with Crippen LogP contribution in [0.4, 0.5) is 0 Å². The molecular formula is C14H22O4. The molecule has 0 spiro atoms. The number of allylic oxidation sites excluding steroid dienone is 2. The average molecular weight is 254 g/mol. The highest BCUT2D eigenvalue weighted by atomic mass is 16.5. The summed E-state index contributed by atoms with van der Waals surface area (Å²) >= 11 is 0. The number of hydrogen-bond donors (Lipinski definition) is 0. The van der Waals surface area contributed by atoms with Gasteiger partial charge in [0, 0.05) is 12.2 Å². The van der Waals surface area contributed by atoms with Crippen LogP contribution in [0.2, 0.25) is 0 Å². The SMILES string of the molecule is CCCCOC(=O)/C=C\C=C\C(=O)OCCCC. The minimum Gasteiger partial charge on any atom is -0.463 e. The van der Waals surface area contributed by atoms with E-state index < -0.39 is 11.9 Å². The number of rotatable bonds is 9. The molecule has 0 aliphatic carbocycles. The fourth-order valence-corrected chi connectivity index (χ4v) is 0.999. The van der Waals surface area contributed by atoms with Crippen molar-refractivity contribution in [3.8, 4) is 0 Å². The smallest absolute Gasteiger partial charge is 0.330 e. The molecule has 0 fully saturated rings. The number of hydrogen-bond acceptors (Lipinski definition) is 4. The predicted octanol–water partition coefficient (Wildman–Crippen LogP) is 2.79. The topological polar surface area (TPSA) is 52.6 Å². The van der Waals surface area contributed by atoms with Crippen LogP contribution in [0.3, 0.4) is 0 Å². The summed E-state index contributed by atoms with van der Waals surface area (Å²) in [6, 6.07) is 0. The minimum absolute atomic E-state index is 0.396. The highest BCUT2D eigenvalue weighted by Gasteiger charge is 1.95. The van der Waals surface area contributed by atoms with E-state index in [0.29, 0.717) is 13.2 Å². The molecule has 0 aliphatic heterocycles. The van der Waals surface area contributed by atoms with Gasteiger partial charge in [0.2, 0.25) is 0 Å². The second-order valence-corrected chi connectivity index (χ2v) is 3.76. The second kappa shape index (κ2) is 11.9. The maximum Gasteiger partial charge on any atom is 0.330 e. The molecule has 0 bridgehead atoms. The molecule has 0 amide bonds. The Morgan fingerprint density at radius 1 is 0.833 bits per heavy atom. The molecule has 0 rings (SSSR count). The summed E-state index contributed by atoms with van der Waals surface area (Å²) in [4.78, 5) is 22.2. The third-order valence-electron chi connectivity index (χ3n) is 2.06. The molecule has 0 saturated carbocycles. The maximum absolute atomic E-state index is 11.1. The quantitative estimate of drug-likeness (QED) is 0.275. The second-order valence-electron chi connectivity index (χ2n) is 3.76. The van der Waals surface area contributed by atoms with Crippen LogP contribution >= 0.6 is 0 Å². The van der Waals surface area contributed by atoms with Gasteiger partial charge >= 0.3 is 11.9 Å². The predicted molar refractivity (Wildman–Crippen MR) is 70.0 cm³/mol. The van der Waals surface area contributed by atoms with Crippen molar-refractivity contribution in [2.24, 2.45) is 0 Å². The van der Waals surface area contributed by atoms with E-state index in [0.717, 1.165) is 25.7 Å². The Labute approximate surface area is 109 Å². The Balaban J connectivity index is 3.72. The zero-order valence-corrected chi connectivity index (χ0v) is 11.2. The molecule has 0 aromatic heterocycles. The van der Waals surface area contributed by atoms with Gasteiger partial charge in [0.1, 0.15) is 0 Å². The molecule has 18 heavy (non-hydrogen) atoms. The molecule has 4 heteroatoms. The lowest BCUT2D eigenvalue weighted by molar-refractivity contribution is -0.138. The summed E-state index contributed by atoms with van der Waals surface area (Å²) in [5, 5.41) is 0. The first kappa shape index (κ1) is 16.4. The van der Waals surface area contributed by atoms with E-state index in [4.69, 9.17) is 9.47 Å². The van der Waals surface area contributed by atoms with Gasteiger partial charge in [-0.3, -0.25) is 0 Å². The van der Waals surface area contributed by atoms with E-state index in [1.54, 1.807) is 0 Å². The van der Waals surface area contributed by atoms with Crippen molar-refractivity contribution in [1.82, 2.24) is 0 Å². The summed E-state index contributed by atoms with van der Waals surface area (Å²) in [5.41, 5.74) is 0. The third-order valence-corrected chi connectivity index (χ3v) is 2.06. The summed E-state index contributed by atoms with van der Waals surface area (Å²) in [5.74, 6) is -0.792. The summed E-state index contributed by atoms with van der Waals surface area (Å²) in [7, 11) is 0. The number of ether oxygens (including phenoxy) is 2. The van der Waals surface area contributed by atoms with E-state index in [9.17, 15) is 9.59 Å². The van der Waals surface area contributed by atoms with Crippen LogP contribution in [0.5, 0.6) is 0 Å². The van der Waals surface area contributed by atoms with E-state index in [-0.39, 0.29) is 0 Å². The highest BCUT2D eigenvalue weighted by molar-refractivity contribution is 5.84. The van der Waals surface area contributed by atoms with Crippen LogP contribution in [0, 0.1) is 0 Å². The van der Waals surface area contributed by atoms with Crippen LogP contribution in [0.25, 0.3) is 0 Å². The molecule has 0 N–H and O–H groups in total. The first-order valence-electron chi connectivity index (χ1n) is 6.39. The van der Waals surface area contributed by atoms with Gasteiger partial charge in [-0.25, -0.2) is 9.59 Å². The van der Waals surface area contributed by atoms with Crippen molar-refractivity contribution in [1.29, 1.82) is 0 Å². The number of unbranched alkanes of at least 4 members (excludes halogenated alkanes) is 2. The summed E-state index contributed by atoms with van der Waals surface area (Å²) < 4.78 is 9.79. The minimum atomic E-state index is -0.396. The lowest BCUT2D eigenvalue weighted by atomic mass is 10.3. The lowest BCUT2D eigenvalue weighted by Gasteiger charge is -1.98. The van der Waals surface area contributed by atoms with E-state index in [1.807, 2.05) is 13.8 Å². The number of carbonyl (C=O) groups is 2. The summed E-state index contributed by atoms with van der Waals surface area (Å²) in [6.45, 7) is 4.91. The molecule has 0 saturated heterocycles. The van der Waals surface area contributed by atoms with E-state index in [1.165, 1.54) is 24.3 Å². The van der Waals surface area contributed by atoms with Crippen LogP contribution in [-0.2, 0) is 19.1 Å². The van der Waals surface area contributed by atoms with Gasteiger partial charge in [-0.05, 0) is 12.8 Å². The van der Waals surface area contributed by atoms with E-state index in [2.05, 4.69) is 0 Å². The maximum atomic E-state index is 11.1. The molecule has 0 radical (unpaired) electrons. The Hall–Kier alpha value is -1.58. The third kappa shape index (κ3) is 10.9. The molecule has 0 aliphatic rings. The first-order valence-corrected chi connectivity index (χ1v) is 6.39. The van der Waals surface area contributed by atoms with Crippen molar-refractivity contribution in [3.63, 3.8) is 0 Å². The van der Waals surface area contributed by atoms with E-state index >= 15 is 0 Å². The van der Waals surface area contributed by atoms with Crippen LogP contribution < -0.4 is 0 Å². The van der Waals surface area contributed by atoms with Crippen LogP contribution in [0.1, 0.15) is 39.5 Å². The normalized spacial score (nSPS) is 11.0. The molecule has 0 atom stereocenters. The van der Waals surface area contributed by atoms with Crippen LogP contribution in [0.15, 0.2) is 24.3 Å². The molecule has 4 nitrogen and oxygen atoms in total. The van der Waals surface area contributed by atoms with Gasteiger partial charge in [0.05, 0.1) is 13.2 Å². The first-order chi connectivity index (χ1) is 8.70. The largest absolute Gasteiger partial charge is 0.463 e. The fourth-order valence-electron chi connectivity index (χ4n) is 0.999. The zero-order chi connectivity index (χ0) is 13.6. The molecular weight excluding hydrogens is 232 g/mol. The Morgan fingerprint density at radius 3 is 1.56 bits per heavy atom. The lowest BCUT2D eigenvalue weighted by Crippen LogP contribution is -2.02. The van der Waals surface area contributed by atoms with Gasteiger partial charge < -0.3 is 9.47 Å². The molecule has 102 valence electrons. The van der Waals surface area contributed by atoms with Crippen molar-refractivity contribution >= 4 is 11.9 Å². The molecule has 0 unspecified atom stereocenters. The Bertz CT molecular complexity index is 262. The van der Waals surface area contributed by atoms with Gasteiger partial charge in [-0.15, -0.1) is 0 Å². The van der Waals surface area contributed by atoms with Crippen molar-refractivity contribution in [3.05, 3.63) is 24.3 Å². The van der Waals surface area contributed by atoms with Crippen LogP contribution in [-0.4, -0.2) is 25.2 Å². The standard InChI is InChI=1S/C14H22O4/c1-3-5-11-17-13(15)9-7-8-10-14(16)18-12-6-4-2/h7-10H,3-6,11-12H2,1-2H3/b9-7-,10-8+. The Morgan fingerprint density at radius 2 is 1.22 bits per heavy atom. The highest BCUT2D eigenvalue weighted by Crippen LogP contribution is 1.92. The summed E-state index contributed by atoms with van der Waals surface area (Å²) in [6.07, 6.45) is 9.20. The number of carbonyl (C=O) groups excluding carboxylic acids is 2. The fraction of sp³-hybridized carbons (Fsp3) is 0.571. The Kier molecular flexibility index (Phi) is 10.8. The van der Waals surface area contributed by atoms with Gasteiger partial charge in [0.25, 0.3) is 0 Å².